The molecule has 0 saturated heterocycles. The minimum atomic E-state index is -0.225. The summed E-state index contributed by atoms with van der Waals surface area (Å²) in [4.78, 5) is 30.5. The van der Waals surface area contributed by atoms with E-state index < -0.39 is 0 Å². The summed E-state index contributed by atoms with van der Waals surface area (Å²) in [6.45, 7) is 5.71. The van der Waals surface area contributed by atoms with Gasteiger partial charge in [0, 0.05) is 13.1 Å². The van der Waals surface area contributed by atoms with E-state index in [1.807, 2.05) is 66.7 Å². The van der Waals surface area contributed by atoms with Crippen molar-refractivity contribution in [3.8, 4) is 5.75 Å². The largest absolute Gasteiger partial charge is 0.494 e. The van der Waals surface area contributed by atoms with Gasteiger partial charge in [0.1, 0.15) is 5.75 Å². The van der Waals surface area contributed by atoms with Gasteiger partial charge in [0.05, 0.1) is 35.7 Å². The van der Waals surface area contributed by atoms with Crippen LogP contribution in [0.2, 0.25) is 0 Å². The maximum absolute atomic E-state index is 13.6. The van der Waals surface area contributed by atoms with Gasteiger partial charge >= 0.3 is 0 Å². The van der Waals surface area contributed by atoms with E-state index in [0.717, 1.165) is 37.4 Å². The van der Waals surface area contributed by atoms with Crippen molar-refractivity contribution in [1.82, 2.24) is 4.90 Å². The monoisotopic (exact) mass is 519 g/mol. The highest BCUT2D eigenvalue weighted by Crippen LogP contribution is 2.38. The zero-order valence-corrected chi connectivity index (χ0v) is 22.2. The van der Waals surface area contributed by atoms with Crippen LogP contribution in [0.5, 0.6) is 5.75 Å². The Morgan fingerprint density at radius 3 is 2.28 bits per heavy atom. The molecule has 4 aromatic rings. The Bertz CT molecular complexity index is 1420. The number of nitrogens with zero attached hydrogens (tertiary/aromatic N) is 2. The molecule has 0 bridgehead atoms. The molecule has 0 spiro atoms. The number of rotatable bonds is 10. The van der Waals surface area contributed by atoms with Crippen LogP contribution < -0.4 is 15.0 Å². The fraction of sp³-hybridized carbons (Fsp3) is 0.212. The van der Waals surface area contributed by atoms with Crippen LogP contribution in [0.1, 0.15) is 34.8 Å². The van der Waals surface area contributed by atoms with Gasteiger partial charge < -0.3 is 10.1 Å². The molecule has 0 aromatic heterocycles. The van der Waals surface area contributed by atoms with Crippen LogP contribution >= 0.6 is 0 Å². The summed E-state index contributed by atoms with van der Waals surface area (Å²) >= 11 is 0. The van der Waals surface area contributed by atoms with Crippen molar-refractivity contribution in [2.75, 3.05) is 29.9 Å². The zero-order chi connectivity index (χ0) is 27.0. The number of ether oxygens (including phenoxy) is 1. The molecular weight excluding hydrogens is 486 g/mol. The molecule has 198 valence electrons. The molecule has 1 N–H and O–H groups in total. The average molecular weight is 520 g/mol. The molecule has 0 aliphatic carbocycles. The molecule has 5 rings (SSSR count). The Labute approximate surface area is 229 Å². The number of nitrogens with one attached hydrogen (secondary N) is 1. The van der Waals surface area contributed by atoms with E-state index in [1.54, 1.807) is 17.0 Å². The van der Waals surface area contributed by atoms with Crippen molar-refractivity contribution in [2.45, 2.75) is 26.3 Å². The molecule has 0 radical (unpaired) electrons. The third kappa shape index (κ3) is 6.36. The van der Waals surface area contributed by atoms with Crippen LogP contribution in [0.4, 0.5) is 17.1 Å². The standard InChI is InChI=1S/C33H33N3O3/c1-2-35(24-26-11-4-3-5-12-26)21-10-22-39-27-19-17-25(18-20-27)23-32(37)36-30-15-8-6-13-28(30)33(38)34-29-14-7-9-16-31(29)36/h3-9,11-20H,2,10,21-24H2,1H3,(H,34,38). The van der Waals surface area contributed by atoms with Crippen molar-refractivity contribution in [2.24, 2.45) is 0 Å². The van der Waals surface area contributed by atoms with Crippen LogP contribution in [0.15, 0.2) is 103 Å². The molecule has 6 heteroatoms. The topological polar surface area (TPSA) is 61.9 Å². The summed E-state index contributed by atoms with van der Waals surface area (Å²) in [5.41, 5.74) is 4.52. The van der Waals surface area contributed by atoms with E-state index in [9.17, 15) is 9.59 Å². The lowest BCUT2D eigenvalue weighted by atomic mass is 10.1. The highest BCUT2D eigenvalue weighted by atomic mass is 16.5. The fourth-order valence-corrected chi connectivity index (χ4v) is 4.85. The molecule has 1 aliphatic rings. The molecule has 39 heavy (non-hydrogen) atoms. The molecule has 0 saturated carbocycles. The van der Waals surface area contributed by atoms with Crippen LogP contribution in [0.25, 0.3) is 0 Å². The van der Waals surface area contributed by atoms with Crippen molar-refractivity contribution in [3.63, 3.8) is 0 Å². The van der Waals surface area contributed by atoms with Gasteiger partial charge in [0.2, 0.25) is 5.91 Å². The number of para-hydroxylation sites is 3. The Kier molecular flexibility index (Phi) is 8.34. The third-order valence-corrected chi connectivity index (χ3v) is 6.89. The van der Waals surface area contributed by atoms with E-state index in [0.29, 0.717) is 29.2 Å². The highest BCUT2D eigenvalue weighted by Gasteiger charge is 2.28. The molecule has 4 aromatic carbocycles. The average Bonchev–Trinajstić information content (AvgIpc) is 3.09. The summed E-state index contributed by atoms with van der Waals surface area (Å²) in [6.07, 6.45) is 1.13. The molecule has 0 fully saturated rings. The molecule has 1 heterocycles. The van der Waals surface area contributed by atoms with E-state index in [1.165, 1.54) is 5.56 Å². The smallest absolute Gasteiger partial charge is 0.257 e. The summed E-state index contributed by atoms with van der Waals surface area (Å²) in [7, 11) is 0. The number of amides is 2. The Morgan fingerprint density at radius 1 is 0.821 bits per heavy atom. The van der Waals surface area contributed by atoms with Gasteiger partial charge in [-0.2, -0.15) is 0 Å². The Balaban J connectivity index is 1.19. The van der Waals surface area contributed by atoms with Gasteiger partial charge in [0.15, 0.2) is 0 Å². The normalized spacial score (nSPS) is 12.4. The lowest BCUT2D eigenvalue weighted by Gasteiger charge is -2.24. The maximum Gasteiger partial charge on any atom is 0.257 e. The van der Waals surface area contributed by atoms with Crippen LogP contribution in [0, 0.1) is 0 Å². The second-order valence-corrected chi connectivity index (χ2v) is 9.59. The number of benzene rings is 4. The first kappa shape index (κ1) is 26.2. The zero-order valence-electron chi connectivity index (χ0n) is 22.2. The van der Waals surface area contributed by atoms with Gasteiger partial charge in [-0.15, -0.1) is 0 Å². The van der Waals surface area contributed by atoms with E-state index in [-0.39, 0.29) is 18.2 Å². The van der Waals surface area contributed by atoms with Crippen LogP contribution in [-0.2, 0) is 17.8 Å². The lowest BCUT2D eigenvalue weighted by molar-refractivity contribution is -0.117. The molecule has 2 amide bonds. The minimum Gasteiger partial charge on any atom is -0.494 e. The maximum atomic E-state index is 13.6. The fourth-order valence-electron chi connectivity index (χ4n) is 4.85. The van der Waals surface area contributed by atoms with E-state index >= 15 is 0 Å². The summed E-state index contributed by atoms with van der Waals surface area (Å²) in [6, 6.07) is 32.8. The first-order valence-corrected chi connectivity index (χ1v) is 13.4. The molecule has 0 unspecified atom stereocenters. The Hall–Kier alpha value is -4.42. The molecular formula is C33H33N3O3. The summed E-state index contributed by atoms with van der Waals surface area (Å²) in [5.74, 6) is 0.452. The minimum absolute atomic E-state index is 0.113. The number of carbonyl (C=O) groups is 2. The number of hydrogen-bond donors (Lipinski definition) is 1. The lowest BCUT2D eigenvalue weighted by Crippen LogP contribution is -2.28. The van der Waals surface area contributed by atoms with Gasteiger partial charge in [-0.3, -0.25) is 19.4 Å². The van der Waals surface area contributed by atoms with Gasteiger partial charge in [-0.05, 0) is 60.5 Å². The number of carbonyl (C=O) groups excluding carboxylic acids is 2. The van der Waals surface area contributed by atoms with Gasteiger partial charge in [0.25, 0.3) is 5.91 Å². The summed E-state index contributed by atoms with van der Waals surface area (Å²) < 4.78 is 5.98. The quantitative estimate of drug-likeness (QED) is 0.245. The van der Waals surface area contributed by atoms with Crippen molar-refractivity contribution in [3.05, 3.63) is 120 Å². The first-order chi connectivity index (χ1) is 19.1. The van der Waals surface area contributed by atoms with E-state index in [4.69, 9.17) is 4.74 Å². The van der Waals surface area contributed by atoms with E-state index in [2.05, 4.69) is 41.4 Å². The second-order valence-electron chi connectivity index (χ2n) is 9.59. The van der Waals surface area contributed by atoms with Gasteiger partial charge in [-0.1, -0.05) is 73.7 Å². The molecule has 6 nitrogen and oxygen atoms in total. The predicted molar refractivity (Wildman–Crippen MR) is 156 cm³/mol. The predicted octanol–water partition coefficient (Wildman–Crippen LogP) is 6.45. The first-order valence-electron chi connectivity index (χ1n) is 13.4. The van der Waals surface area contributed by atoms with Gasteiger partial charge in [-0.25, -0.2) is 0 Å². The highest BCUT2D eigenvalue weighted by molar-refractivity contribution is 6.17. The Morgan fingerprint density at radius 2 is 1.51 bits per heavy atom. The number of fused-ring (bicyclic) bond motifs is 2. The van der Waals surface area contributed by atoms with Crippen molar-refractivity contribution < 1.29 is 14.3 Å². The van der Waals surface area contributed by atoms with Crippen LogP contribution in [0.3, 0.4) is 0 Å². The molecule has 1 aliphatic heterocycles. The third-order valence-electron chi connectivity index (χ3n) is 6.89. The van der Waals surface area contributed by atoms with Crippen molar-refractivity contribution in [1.29, 1.82) is 0 Å². The number of hydrogen-bond acceptors (Lipinski definition) is 4. The molecule has 0 atom stereocenters. The SMILES string of the molecule is CCN(CCCOc1ccc(CC(=O)N2c3ccccc3NC(=O)c3ccccc32)cc1)Cc1ccccc1. The van der Waals surface area contributed by atoms with Crippen LogP contribution in [-0.4, -0.2) is 36.4 Å². The number of anilines is 3. The summed E-state index contributed by atoms with van der Waals surface area (Å²) in [5, 5.41) is 2.93. The second kappa shape index (κ2) is 12.4. The van der Waals surface area contributed by atoms with Crippen molar-refractivity contribution >= 4 is 28.9 Å².